The lowest BCUT2D eigenvalue weighted by Gasteiger charge is -2.17. The predicted octanol–water partition coefficient (Wildman–Crippen LogP) is 4.75. The first kappa shape index (κ1) is 24.8. The van der Waals surface area contributed by atoms with Gasteiger partial charge in [0.2, 0.25) is 5.88 Å². The largest absolute Gasteiger partial charge is 0.493 e. The summed E-state index contributed by atoms with van der Waals surface area (Å²) in [6.07, 6.45) is 2.19. The number of benzene rings is 3. The van der Waals surface area contributed by atoms with Crippen molar-refractivity contribution in [2.45, 2.75) is 12.5 Å². The molecule has 0 unspecified atom stereocenters. The van der Waals surface area contributed by atoms with Gasteiger partial charge in [-0.05, 0) is 70.1 Å². The topological polar surface area (TPSA) is 116 Å². The molecule has 5 rings (SSSR count). The lowest BCUT2D eigenvalue weighted by Crippen LogP contribution is -2.25. The summed E-state index contributed by atoms with van der Waals surface area (Å²) in [6, 6.07) is 24.2. The van der Waals surface area contributed by atoms with E-state index in [4.69, 9.17) is 9.84 Å². The number of aromatic nitrogens is 4. The molecule has 3 aromatic carbocycles. The molecule has 37 heavy (non-hydrogen) atoms. The third kappa shape index (κ3) is 5.47. The molecule has 2 heterocycles. The minimum atomic E-state index is -0.579. The maximum atomic E-state index is 13.2. The Kier molecular flexibility index (Phi) is 7.42. The van der Waals surface area contributed by atoms with Crippen molar-refractivity contribution < 1.29 is 14.9 Å². The Morgan fingerprint density at radius 2 is 1.65 bits per heavy atom. The maximum Gasteiger partial charge on any atom is 0.329 e. The van der Waals surface area contributed by atoms with Gasteiger partial charge in [-0.15, -0.1) is 0 Å². The molecule has 2 aromatic heterocycles. The smallest absolute Gasteiger partial charge is 0.329 e. The maximum absolute atomic E-state index is 13.2. The fraction of sp³-hybridized carbons (Fsp3) is 0.143. The van der Waals surface area contributed by atoms with Crippen LogP contribution in [0.15, 0.2) is 89.9 Å². The van der Waals surface area contributed by atoms with Crippen LogP contribution in [0.1, 0.15) is 17.4 Å². The Hall–Kier alpha value is -3.83. The third-order valence-electron chi connectivity index (χ3n) is 6.06. The molecule has 0 spiro atoms. The number of H-pyrrole nitrogens is 2. The Balaban J connectivity index is 1.54. The lowest BCUT2D eigenvalue weighted by atomic mass is 10.0. The molecule has 0 aliphatic carbocycles. The van der Waals surface area contributed by atoms with Crippen molar-refractivity contribution in [3.8, 4) is 34.1 Å². The van der Waals surface area contributed by atoms with Crippen LogP contribution in [0.2, 0.25) is 0 Å². The number of hydrogen-bond donors (Lipinski definition) is 4. The molecule has 0 saturated heterocycles. The third-order valence-corrected chi connectivity index (χ3v) is 6.77. The zero-order chi connectivity index (χ0) is 25.8. The highest BCUT2D eigenvalue weighted by Gasteiger charge is 2.26. The van der Waals surface area contributed by atoms with Crippen LogP contribution in [0.3, 0.4) is 0 Å². The molecule has 0 aliphatic heterocycles. The predicted molar refractivity (Wildman–Crippen MR) is 150 cm³/mol. The monoisotopic (exact) mass is 608 g/mol. The Bertz CT molecular complexity index is 1520. The molecule has 9 heteroatoms. The fourth-order valence-corrected chi connectivity index (χ4v) is 4.60. The van der Waals surface area contributed by atoms with Crippen molar-refractivity contribution in [1.29, 1.82) is 0 Å². The van der Waals surface area contributed by atoms with Crippen LogP contribution in [0, 0.1) is 3.57 Å². The van der Waals surface area contributed by atoms with Crippen LogP contribution in [0.5, 0.6) is 11.6 Å². The van der Waals surface area contributed by atoms with Crippen LogP contribution in [-0.4, -0.2) is 42.9 Å². The second kappa shape index (κ2) is 11.1. The summed E-state index contributed by atoms with van der Waals surface area (Å²) in [4.78, 5) is 24.0. The molecule has 188 valence electrons. The van der Waals surface area contributed by atoms with E-state index in [1.807, 2.05) is 54.6 Å². The molecule has 0 amide bonds. The molecule has 8 nitrogen and oxygen atoms in total. The highest BCUT2D eigenvalue weighted by atomic mass is 127. The second-order valence-electron chi connectivity index (χ2n) is 8.49. The zero-order valence-corrected chi connectivity index (χ0v) is 21.9. The van der Waals surface area contributed by atoms with E-state index in [2.05, 4.69) is 37.5 Å². The number of ether oxygens (including phenoxy) is 1. The number of nitrogens with one attached hydrogen (secondary N) is 2. The Morgan fingerprint density at radius 3 is 2.35 bits per heavy atom. The van der Waals surface area contributed by atoms with E-state index in [0.717, 1.165) is 20.4 Å². The van der Waals surface area contributed by atoms with Gasteiger partial charge < -0.3 is 24.9 Å². The summed E-state index contributed by atoms with van der Waals surface area (Å²) in [5, 5.41) is 20.2. The zero-order valence-electron chi connectivity index (χ0n) is 19.8. The van der Waals surface area contributed by atoms with E-state index >= 15 is 0 Å². The summed E-state index contributed by atoms with van der Waals surface area (Å²) in [6.45, 7) is 0.103. The van der Waals surface area contributed by atoms with E-state index in [9.17, 15) is 9.90 Å². The summed E-state index contributed by atoms with van der Waals surface area (Å²) in [5.41, 5.74) is 3.29. The van der Waals surface area contributed by atoms with Gasteiger partial charge in [-0.2, -0.15) is 0 Å². The first-order valence-corrected chi connectivity index (χ1v) is 12.8. The number of aromatic amines is 2. The number of halogens is 1. The molecule has 4 N–H and O–H groups in total. The first-order valence-electron chi connectivity index (χ1n) is 11.8. The van der Waals surface area contributed by atoms with Gasteiger partial charge in [0.15, 0.2) is 0 Å². The van der Waals surface area contributed by atoms with Crippen molar-refractivity contribution in [2.75, 3.05) is 13.2 Å². The molecule has 0 saturated carbocycles. The number of nitrogens with zero attached hydrogens (tertiary/aromatic N) is 2. The number of imidazole rings is 2. The normalized spacial score (nSPS) is 11.9. The van der Waals surface area contributed by atoms with Gasteiger partial charge >= 0.3 is 5.69 Å². The van der Waals surface area contributed by atoms with Crippen LogP contribution in [0.4, 0.5) is 0 Å². The molecule has 0 radical (unpaired) electrons. The molecular formula is C28H25IN4O4. The molecule has 0 bridgehead atoms. The fourth-order valence-electron chi connectivity index (χ4n) is 4.24. The lowest BCUT2D eigenvalue weighted by molar-refractivity contribution is 0.201. The van der Waals surface area contributed by atoms with Gasteiger partial charge in [0, 0.05) is 15.6 Å². The molecule has 1 atom stereocenters. The minimum absolute atomic E-state index is 0.0837. The van der Waals surface area contributed by atoms with Gasteiger partial charge in [0.25, 0.3) is 0 Å². The highest BCUT2D eigenvalue weighted by molar-refractivity contribution is 14.1. The summed E-state index contributed by atoms with van der Waals surface area (Å²) in [7, 11) is 0. The summed E-state index contributed by atoms with van der Waals surface area (Å²) >= 11 is 2.26. The number of hydrogen-bond acceptors (Lipinski definition) is 5. The number of rotatable bonds is 9. The molecule has 0 aliphatic rings. The Labute approximate surface area is 226 Å². The average molecular weight is 608 g/mol. The summed E-state index contributed by atoms with van der Waals surface area (Å²) < 4.78 is 7.88. The standard InChI is InChI=1S/C28H25IN4O4/c29-21-10-6-19(7-11-21)23-17-30-26(31-23)24(16-18-4-2-1-3-5-18)33-27(35)25(32-28(33)36)20-8-12-22(13-9-20)37-15-14-34/h1-13,17,24,34-35H,14-16H2,(H,30,31)(H,32,36)/t24-/m0/s1. The number of aliphatic hydroxyl groups is 1. The van der Waals surface area contributed by atoms with Crippen molar-refractivity contribution in [1.82, 2.24) is 19.5 Å². The second-order valence-corrected chi connectivity index (χ2v) is 9.74. The minimum Gasteiger partial charge on any atom is -0.493 e. The van der Waals surface area contributed by atoms with Crippen molar-refractivity contribution in [3.63, 3.8) is 0 Å². The van der Waals surface area contributed by atoms with Crippen LogP contribution in [0.25, 0.3) is 22.5 Å². The van der Waals surface area contributed by atoms with Crippen molar-refractivity contribution in [2.24, 2.45) is 0 Å². The molecular weight excluding hydrogens is 583 g/mol. The van der Waals surface area contributed by atoms with Crippen molar-refractivity contribution >= 4 is 22.6 Å². The Morgan fingerprint density at radius 1 is 0.946 bits per heavy atom. The van der Waals surface area contributed by atoms with Gasteiger partial charge in [-0.25, -0.2) is 9.78 Å². The summed E-state index contributed by atoms with van der Waals surface area (Å²) in [5.74, 6) is 0.968. The SMILES string of the molecule is O=c1[nH]c(-c2ccc(OCCO)cc2)c(O)n1[C@@H](Cc1ccccc1)c1ncc(-c2ccc(I)cc2)[nH]1. The molecule has 5 aromatic rings. The van der Waals surface area contributed by atoms with Crippen LogP contribution >= 0.6 is 22.6 Å². The van der Waals surface area contributed by atoms with E-state index in [1.54, 1.807) is 30.5 Å². The van der Waals surface area contributed by atoms with Gasteiger partial charge in [-0.3, -0.25) is 4.57 Å². The van der Waals surface area contributed by atoms with Gasteiger partial charge in [0.1, 0.15) is 29.9 Å². The number of aliphatic hydroxyl groups excluding tert-OH is 1. The van der Waals surface area contributed by atoms with Crippen LogP contribution < -0.4 is 10.4 Å². The quantitative estimate of drug-likeness (QED) is 0.181. The van der Waals surface area contributed by atoms with E-state index in [1.165, 1.54) is 4.57 Å². The van der Waals surface area contributed by atoms with E-state index in [-0.39, 0.29) is 19.1 Å². The highest BCUT2D eigenvalue weighted by Crippen LogP contribution is 2.33. The first-order chi connectivity index (χ1) is 18.0. The van der Waals surface area contributed by atoms with Crippen LogP contribution in [-0.2, 0) is 6.42 Å². The van der Waals surface area contributed by atoms with Crippen molar-refractivity contribution in [3.05, 3.63) is 111 Å². The number of aromatic hydroxyl groups is 1. The van der Waals surface area contributed by atoms with Gasteiger partial charge in [-0.1, -0.05) is 42.5 Å². The molecule has 0 fully saturated rings. The average Bonchev–Trinajstić information content (AvgIpc) is 3.52. The van der Waals surface area contributed by atoms with Gasteiger partial charge in [0.05, 0.1) is 18.5 Å². The van der Waals surface area contributed by atoms with E-state index < -0.39 is 11.7 Å². The van der Waals surface area contributed by atoms with E-state index in [0.29, 0.717) is 29.3 Å².